The molecule has 26 heavy (non-hydrogen) atoms. The Morgan fingerprint density at radius 3 is 2.12 bits per heavy atom. The summed E-state index contributed by atoms with van der Waals surface area (Å²) < 4.78 is 0. The Morgan fingerprint density at radius 1 is 0.808 bits per heavy atom. The van der Waals surface area contributed by atoms with E-state index in [1.54, 1.807) is 0 Å². The average Bonchev–Trinajstić information content (AvgIpc) is 2.84. The highest BCUT2D eigenvalue weighted by atomic mass is 16.3. The molecule has 0 amide bonds. The van der Waals surface area contributed by atoms with Gasteiger partial charge in [0, 0.05) is 5.92 Å². The van der Waals surface area contributed by atoms with Crippen molar-refractivity contribution in [3.05, 3.63) is 0 Å². The second-order valence-corrected chi connectivity index (χ2v) is 11.8. The minimum atomic E-state index is -0.143. The summed E-state index contributed by atoms with van der Waals surface area (Å²) in [6.07, 6.45) is 9.43. The van der Waals surface area contributed by atoms with E-state index in [0.29, 0.717) is 22.5 Å². The molecule has 0 aromatic rings. The van der Waals surface area contributed by atoms with Crippen molar-refractivity contribution in [2.75, 3.05) is 0 Å². The first-order valence-electron chi connectivity index (χ1n) is 11.2. The Bertz CT molecular complexity index is 609. The summed E-state index contributed by atoms with van der Waals surface area (Å²) in [5.74, 6) is 2.88. The molecule has 4 aliphatic carbocycles. The van der Waals surface area contributed by atoms with Gasteiger partial charge >= 0.3 is 0 Å². The van der Waals surface area contributed by atoms with Gasteiger partial charge in [0.05, 0.1) is 6.10 Å². The number of ketones is 1. The number of rotatable bonds is 1. The maximum atomic E-state index is 12.4. The van der Waals surface area contributed by atoms with Crippen LogP contribution in [-0.2, 0) is 4.79 Å². The number of fused-ring (bicyclic) bond motifs is 5. The highest BCUT2D eigenvalue weighted by Crippen LogP contribution is 2.73. The molecule has 0 radical (unpaired) electrons. The number of aliphatic hydroxyl groups is 1. The van der Waals surface area contributed by atoms with Crippen molar-refractivity contribution in [1.82, 2.24) is 0 Å². The molecule has 2 nitrogen and oxygen atoms in total. The first-order chi connectivity index (χ1) is 12.0. The van der Waals surface area contributed by atoms with E-state index >= 15 is 0 Å². The first-order valence-corrected chi connectivity index (χ1v) is 11.2. The van der Waals surface area contributed by atoms with Crippen molar-refractivity contribution in [2.45, 2.75) is 99.0 Å². The number of hydrogen-bond donors (Lipinski definition) is 1. The van der Waals surface area contributed by atoms with Gasteiger partial charge in [-0.15, -0.1) is 0 Å². The largest absolute Gasteiger partial charge is 0.393 e. The van der Waals surface area contributed by atoms with E-state index < -0.39 is 0 Å². The Kier molecular flexibility index (Phi) is 4.07. The molecule has 4 rings (SSSR count). The van der Waals surface area contributed by atoms with Gasteiger partial charge in [0.2, 0.25) is 0 Å². The van der Waals surface area contributed by atoms with Gasteiger partial charge in [-0.25, -0.2) is 0 Å². The molecular formula is C24H40O2. The van der Waals surface area contributed by atoms with Crippen LogP contribution in [0.5, 0.6) is 0 Å². The highest BCUT2D eigenvalue weighted by Gasteiger charge is 2.67. The van der Waals surface area contributed by atoms with Gasteiger partial charge in [-0.2, -0.15) is 0 Å². The molecule has 8 unspecified atom stereocenters. The quantitative estimate of drug-likeness (QED) is 0.659. The summed E-state index contributed by atoms with van der Waals surface area (Å²) in [6, 6.07) is 0. The van der Waals surface area contributed by atoms with Gasteiger partial charge < -0.3 is 5.11 Å². The van der Waals surface area contributed by atoms with E-state index in [1.807, 2.05) is 6.92 Å². The van der Waals surface area contributed by atoms with Gasteiger partial charge in [0.1, 0.15) is 5.78 Å². The van der Waals surface area contributed by atoms with Crippen LogP contribution in [0.25, 0.3) is 0 Å². The minimum absolute atomic E-state index is 0.0389. The van der Waals surface area contributed by atoms with Crippen LogP contribution in [0.3, 0.4) is 0 Å². The monoisotopic (exact) mass is 360 g/mol. The highest BCUT2D eigenvalue weighted by molar-refractivity contribution is 5.79. The molecule has 0 heterocycles. The number of Topliss-reactive ketones (excluding diaryl/α,β-unsaturated/α-hetero) is 1. The van der Waals surface area contributed by atoms with Crippen molar-refractivity contribution in [3.8, 4) is 0 Å². The second-order valence-electron chi connectivity index (χ2n) is 11.8. The molecule has 0 spiro atoms. The zero-order chi connectivity index (χ0) is 19.1. The van der Waals surface area contributed by atoms with E-state index in [4.69, 9.17) is 0 Å². The summed E-state index contributed by atoms with van der Waals surface area (Å²) in [7, 11) is 0. The Morgan fingerprint density at radius 2 is 1.46 bits per heavy atom. The van der Waals surface area contributed by atoms with Gasteiger partial charge in [0.25, 0.3) is 0 Å². The smallest absolute Gasteiger partial charge is 0.133 e. The van der Waals surface area contributed by atoms with Crippen molar-refractivity contribution < 1.29 is 9.90 Å². The lowest BCUT2D eigenvalue weighted by molar-refractivity contribution is -0.198. The molecule has 1 N–H and O–H groups in total. The number of hydrogen-bond acceptors (Lipinski definition) is 2. The van der Waals surface area contributed by atoms with Gasteiger partial charge in [-0.05, 0) is 97.7 Å². The fraction of sp³-hybridized carbons (Fsp3) is 0.958. The lowest BCUT2D eigenvalue weighted by Gasteiger charge is -2.67. The van der Waals surface area contributed by atoms with Crippen molar-refractivity contribution >= 4 is 5.78 Å². The maximum Gasteiger partial charge on any atom is 0.133 e. The topological polar surface area (TPSA) is 37.3 Å². The van der Waals surface area contributed by atoms with Crippen LogP contribution in [0.15, 0.2) is 0 Å². The normalized spacial score (nSPS) is 55.6. The standard InChI is InChI=1S/C24H40O2/c1-15(25)16-9-13-24(6)18-7-8-19-21(2,3)20(26)11-12-22(19,4)17(18)10-14-23(16,24)5/h16-20,26H,7-14H2,1-6H3. The Labute approximate surface area is 160 Å². The molecule has 4 aliphatic rings. The number of aliphatic hydroxyl groups excluding tert-OH is 1. The molecule has 4 saturated carbocycles. The molecule has 0 aromatic heterocycles. The molecule has 4 fully saturated rings. The molecule has 0 bridgehead atoms. The molecule has 148 valence electrons. The van der Waals surface area contributed by atoms with Crippen molar-refractivity contribution in [3.63, 3.8) is 0 Å². The molecule has 0 aliphatic heterocycles. The zero-order valence-electron chi connectivity index (χ0n) is 17.9. The van der Waals surface area contributed by atoms with Crippen molar-refractivity contribution in [1.29, 1.82) is 0 Å². The number of carbonyl (C=O) groups is 1. The van der Waals surface area contributed by atoms with E-state index in [9.17, 15) is 9.90 Å². The Balaban J connectivity index is 1.71. The average molecular weight is 361 g/mol. The summed E-state index contributed by atoms with van der Waals surface area (Å²) >= 11 is 0. The molecule has 2 heteroatoms. The third-order valence-corrected chi connectivity index (χ3v) is 10.9. The predicted molar refractivity (Wildman–Crippen MR) is 106 cm³/mol. The third-order valence-electron chi connectivity index (χ3n) is 10.9. The summed E-state index contributed by atoms with van der Waals surface area (Å²) in [6.45, 7) is 14.0. The van der Waals surface area contributed by atoms with Crippen LogP contribution in [0.1, 0.15) is 92.9 Å². The van der Waals surface area contributed by atoms with E-state index in [0.717, 1.165) is 24.7 Å². The third kappa shape index (κ3) is 2.12. The minimum Gasteiger partial charge on any atom is -0.393 e. The van der Waals surface area contributed by atoms with Crippen LogP contribution >= 0.6 is 0 Å². The maximum absolute atomic E-state index is 12.4. The fourth-order valence-corrected chi connectivity index (χ4v) is 9.14. The van der Waals surface area contributed by atoms with Gasteiger partial charge in [-0.3, -0.25) is 4.79 Å². The van der Waals surface area contributed by atoms with E-state index in [1.165, 1.54) is 38.5 Å². The van der Waals surface area contributed by atoms with Gasteiger partial charge in [-0.1, -0.05) is 34.6 Å². The second kappa shape index (κ2) is 5.58. The first kappa shape index (κ1) is 19.0. The molecule has 8 atom stereocenters. The SMILES string of the molecule is CC(=O)C1CCC2(C)C3CCC4C(C)(C)C(O)CCC4(C)C3CCC12C. The van der Waals surface area contributed by atoms with Crippen LogP contribution in [0.2, 0.25) is 0 Å². The van der Waals surface area contributed by atoms with Crippen LogP contribution < -0.4 is 0 Å². The molecular weight excluding hydrogens is 320 g/mol. The number of carbonyl (C=O) groups excluding carboxylic acids is 1. The Hall–Kier alpha value is -0.370. The fourth-order valence-electron chi connectivity index (χ4n) is 9.14. The van der Waals surface area contributed by atoms with Crippen molar-refractivity contribution in [2.24, 2.45) is 45.3 Å². The van der Waals surface area contributed by atoms with E-state index in [2.05, 4.69) is 34.6 Å². The van der Waals surface area contributed by atoms with Crippen LogP contribution in [0, 0.1) is 45.3 Å². The van der Waals surface area contributed by atoms with Crippen LogP contribution in [-0.4, -0.2) is 17.0 Å². The lowest BCUT2D eigenvalue weighted by atomic mass is 9.38. The zero-order valence-corrected chi connectivity index (χ0v) is 17.9. The van der Waals surface area contributed by atoms with E-state index in [-0.39, 0.29) is 22.9 Å². The summed E-state index contributed by atoms with van der Waals surface area (Å²) in [5, 5.41) is 10.7. The van der Waals surface area contributed by atoms with Crippen LogP contribution in [0.4, 0.5) is 0 Å². The summed E-state index contributed by atoms with van der Waals surface area (Å²) in [5.41, 5.74) is 0.925. The molecule has 0 saturated heterocycles. The van der Waals surface area contributed by atoms with Gasteiger partial charge in [0.15, 0.2) is 0 Å². The molecule has 0 aromatic carbocycles. The predicted octanol–water partition coefficient (Wildman–Crippen LogP) is 5.62. The summed E-state index contributed by atoms with van der Waals surface area (Å²) in [4.78, 5) is 12.4. The lowest BCUT2D eigenvalue weighted by Crippen LogP contribution is -2.61.